The molecule has 176 valence electrons. The van der Waals surface area contributed by atoms with Gasteiger partial charge in [0.1, 0.15) is 20.0 Å². The van der Waals surface area contributed by atoms with E-state index in [0.29, 0.717) is 0 Å². The lowest BCUT2D eigenvalue weighted by Gasteiger charge is -2.25. The van der Waals surface area contributed by atoms with Crippen LogP contribution < -0.4 is 0 Å². The van der Waals surface area contributed by atoms with Crippen molar-refractivity contribution in [2.45, 2.75) is 30.9 Å². The molecule has 0 aromatic carbocycles. The fraction of sp³-hybridized carbons (Fsp3) is 1.00. The van der Waals surface area contributed by atoms with Gasteiger partial charge in [-0.25, -0.2) is 25.7 Å². The van der Waals surface area contributed by atoms with Crippen LogP contribution in [-0.2, 0) is 64.5 Å². The van der Waals surface area contributed by atoms with Gasteiger partial charge in [-0.2, -0.15) is 8.42 Å². The van der Waals surface area contributed by atoms with Gasteiger partial charge in [0.2, 0.25) is 0 Å². The van der Waals surface area contributed by atoms with Crippen molar-refractivity contribution in [3.8, 4) is 0 Å². The van der Waals surface area contributed by atoms with Crippen molar-refractivity contribution in [3.63, 3.8) is 0 Å². The summed E-state index contributed by atoms with van der Waals surface area (Å²) in [5.41, 5.74) is 0. The molecule has 0 radical (unpaired) electrons. The lowest BCUT2D eigenvalue weighted by molar-refractivity contribution is -0.110. The smallest absolute Gasteiger partial charge is 0.390 e. The minimum Gasteiger partial charge on any atom is -0.390 e. The van der Waals surface area contributed by atoms with E-state index in [2.05, 4.69) is 8.37 Å². The van der Waals surface area contributed by atoms with Crippen LogP contribution in [0.5, 0.6) is 0 Å². The summed E-state index contributed by atoms with van der Waals surface area (Å²) in [7, 11) is -1.93. The average molecular weight is 506 g/mol. The van der Waals surface area contributed by atoms with E-state index in [9.17, 15) is 30.9 Å². The second-order valence-electron chi connectivity index (χ2n) is 5.78. The molecule has 2 rings (SSSR count). The van der Waals surface area contributed by atoms with Crippen molar-refractivity contribution in [2.24, 2.45) is 5.92 Å². The molecule has 30 heavy (non-hydrogen) atoms. The lowest BCUT2D eigenvalue weighted by atomic mass is 10.1. The second-order valence-corrected chi connectivity index (χ2v) is 8.34. The Morgan fingerprint density at radius 1 is 1.00 bits per heavy atom. The quantitative estimate of drug-likeness (QED) is 0.227. The Bertz CT molecular complexity index is 589. The predicted molar refractivity (Wildman–Crippen MR) is 92.7 cm³/mol. The summed E-state index contributed by atoms with van der Waals surface area (Å²) in [6.45, 7) is -4.26. The average Bonchev–Trinajstić information content (AvgIpc) is 3.24. The van der Waals surface area contributed by atoms with E-state index in [-0.39, 0.29) is 0 Å². The van der Waals surface area contributed by atoms with E-state index < -0.39 is 110 Å². The zero-order valence-corrected chi connectivity index (χ0v) is 17.4. The van der Waals surface area contributed by atoms with Gasteiger partial charge in [0, 0.05) is 12.5 Å². The number of rotatable bonds is 13. The van der Waals surface area contributed by atoms with Crippen LogP contribution in [0.3, 0.4) is 0 Å². The second kappa shape index (κ2) is 12.8. The monoisotopic (exact) mass is 506 g/mol. The molecule has 19 heteroatoms. The molecule has 2 fully saturated rings. The van der Waals surface area contributed by atoms with Crippen LogP contribution in [-0.4, -0.2) is 92.9 Å². The Kier molecular flexibility index (Phi) is 11.2. The molecule has 9 unspecified atom stereocenters. The summed E-state index contributed by atoms with van der Waals surface area (Å²) in [5, 5.41) is 9.63. The van der Waals surface area contributed by atoms with Crippen LogP contribution >= 0.6 is 0 Å². The standard InChI is InChI=1S/C11H18BF3O12S3/c13-1-7(16)6(5-28(17)18)4-21-12(22-10-8(2-14)24-29(19)26-10)23-11-9(3-15)25-30(20)27-11/h6-11,16H,1-5H2,(H,17,18). The first kappa shape index (κ1) is 26.2. The maximum atomic E-state index is 13.0. The third kappa shape index (κ3) is 7.82. The molecule has 9 atom stereocenters. The first-order valence-corrected chi connectivity index (χ1v) is 11.4. The van der Waals surface area contributed by atoms with Gasteiger partial charge in [-0.05, 0) is 0 Å². The van der Waals surface area contributed by atoms with E-state index in [1.165, 1.54) is 0 Å². The van der Waals surface area contributed by atoms with E-state index in [1.807, 2.05) is 0 Å². The number of aliphatic hydroxyl groups excluding tert-OH is 1. The Morgan fingerprint density at radius 3 is 1.90 bits per heavy atom. The van der Waals surface area contributed by atoms with Crippen LogP contribution in [0.2, 0.25) is 0 Å². The van der Waals surface area contributed by atoms with Crippen molar-refractivity contribution < 1.29 is 66.2 Å². The molecular formula is C11H18BF3O12S3. The molecule has 0 aliphatic carbocycles. The number of halogens is 3. The molecule has 12 nitrogen and oxygen atoms in total. The van der Waals surface area contributed by atoms with Crippen molar-refractivity contribution in [1.29, 1.82) is 0 Å². The molecular weight excluding hydrogens is 488 g/mol. The summed E-state index contributed by atoms with van der Waals surface area (Å²) in [4.78, 5) is 0. The maximum Gasteiger partial charge on any atom is 0.643 e. The summed E-state index contributed by atoms with van der Waals surface area (Å²) >= 11 is -7.12. The zero-order chi connectivity index (χ0) is 22.3. The van der Waals surface area contributed by atoms with Crippen molar-refractivity contribution in [2.75, 3.05) is 32.4 Å². The minimum absolute atomic E-state index is 0.585. The molecule has 0 amide bonds. The number of aliphatic hydroxyl groups is 1. The summed E-state index contributed by atoms with van der Waals surface area (Å²) in [6, 6.07) is 0. The van der Waals surface area contributed by atoms with E-state index in [4.69, 9.17) is 26.9 Å². The summed E-state index contributed by atoms with van der Waals surface area (Å²) in [6.07, 6.45) is -7.85. The van der Waals surface area contributed by atoms with Gasteiger partial charge in [-0.15, -0.1) is 0 Å². The van der Waals surface area contributed by atoms with Crippen LogP contribution in [0.25, 0.3) is 0 Å². The Balaban J connectivity index is 2.08. The molecule has 0 spiro atoms. The highest BCUT2D eigenvalue weighted by Gasteiger charge is 2.45. The Labute approximate surface area is 176 Å². The zero-order valence-electron chi connectivity index (χ0n) is 14.9. The summed E-state index contributed by atoms with van der Waals surface area (Å²) < 4.78 is 115. The lowest BCUT2D eigenvalue weighted by Crippen LogP contribution is -2.44. The molecule has 0 aromatic heterocycles. The van der Waals surface area contributed by atoms with Crippen LogP contribution in [0, 0.1) is 5.92 Å². The Hall–Kier alpha value is -0.0551. The van der Waals surface area contributed by atoms with Gasteiger partial charge < -0.3 is 23.6 Å². The molecule has 0 bridgehead atoms. The van der Waals surface area contributed by atoms with Crippen molar-refractivity contribution in [3.05, 3.63) is 0 Å². The third-order valence-electron chi connectivity index (χ3n) is 3.66. The predicted octanol–water partition coefficient (Wildman–Crippen LogP) is -1.23. The first-order chi connectivity index (χ1) is 14.3. The van der Waals surface area contributed by atoms with Gasteiger partial charge in [0.15, 0.2) is 35.9 Å². The molecule has 0 aromatic rings. The van der Waals surface area contributed by atoms with E-state index in [0.717, 1.165) is 0 Å². The normalized spacial score (nSPS) is 34.7. The SMILES string of the molecule is O=S(O)CC(COB(OC1OS(=O)OC1CF)OC1OS(=O)OC1CF)C(O)CF. The highest BCUT2D eigenvalue weighted by molar-refractivity contribution is 7.79. The largest absolute Gasteiger partial charge is 0.643 e. The minimum atomic E-state index is -2.42. The van der Waals surface area contributed by atoms with E-state index in [1.54, 1.807) is 0 Å². The van der Waals surface area contributed by atoms with Gasteiger partial charge in [-0.3, -0.25) is 8.37 Å². The number of hydrogen-bond donors (Lipinski definition) is 2. The van der Waals surface area contributed by atoms with Gasteiger partial charge in [0.25, 0.3) is 0 Å². The van der Waals surface area contributed by atoms with Crippen LogP contribution in [0.4, 0.5) is 13.2 Å². The number of hydrogen-bond acceptors (Lipinski definition) is 11. The topological polar surface area (TPSA) is 156 Å². The molecule has 2 N–H and O–H groups in total. The fourth-order valence-electron chi connectivity index (χ4n) is 2.15. The van der Waals surface area contributed by atoms with Crippen molar-refractivity contribution >= 4 is 41.1 Å². The highest BCUT2D eigenvalue weighted by Crippen LogP contribution is 2.24. The molecule has 2 saturated heterocycles. The molecule has 2 heterocycles. The summed E-state index contributed by atoms with van der Waals surface area (Å²) in [5.74, 6) is -1.80. The molecule has 0 saturated carbocycles. The van der Waals surface area contributed by atoms with Gasteiger partial charge in [-0.1, -0.05) is 0 Å². The highest BCUT2D eigenvalue weighted by atomic mass is 32.2. The molecule has 2 aliphatic heterocycles. The third-order valence-corrected chi connectivity index (χ3v) is 5.87. The van der Waals surface area contributed by atoms with Crippen LogP contribution in [0.15, 0.2) is 0 Å². The van der Waals surface area contributed by atoms with Gasteiger partial charge >= 0.3 is 30.0 Å². The first-order valence-electron chi connectivity index (χ1n) is 8.15. The Morgan fingerprint density at radius 2 is 1.50 bits per heavy atom. The van der Waals surface area contributed by atoms with Crippen molar-refractivity contribution in [1.82, 2.24) is 0 Å². The maximum absolute atomic E-state index is 13.0. The van der Waals surface area contributed by atoms with E-state index >= 15 is 0 Å². The van der Waals surface area contributed by atoms with Gasteiger partial charge in [0.05, 0.1) is 11.9 Å². The van der Waals surface area contributed by atoms with Crippen LogP contribution in [0.1, 0.15) is 0 Å². The number of alkyl halides is 3. The molecule has 2 aliphatic rings. The fourth-order valence-corrected chi connectivity index (χ4v) is 4.26.